The van der Waals surface area contributed by atoms with Gasteiger partial charge in [-0.25, -0.2) is 19.2 Å². The summed E-state index contributed by atoms with van der Waals surface area (Å²) in [5.41, 5.74) is 6.83. The van der Waals surface area contributed by atoms with Crippen molar-refractivity contribution in [2.45, 2.75) is 30.0 Å². The molecule has 5 rings (SSSR count). The maximum absolute atomic E-state index is 13.5. The Labute approximate surface area is 275 Å². The molecule has 0 saturated heterocycles. The molecule has 0 heterocycles. The Morgan fingerprint density at radius 3 is 1.34 bits per heavy atom. The van der Waals surface area contributed by atoms with Gasteiger partial charge in [-0.1, -0.05) is 84.6 Å². The van der Waals surface area contributed by atoms with Gasteiger partial charge in [0.15, 0.2) is 17.4 Å². The molecule has 1 fully saturated rings. The molecule has 0 spiro atoms. The average molecular weight is 653 g/mol. The van der Waals surface area contributed by atoms with E-state index in [1.54, 1.807) is 121 Å². The molecule has 240 valence electrons. The first-order valence-electron chi connectivity index (χ1n) is 14.8. The predicted octanol–water partition coefficient (Wildman–Crippen LogP) is 5.54. The summed E-state index contributed by atoms with van der Waals surface area (Å²) in [4.78, 5) is 53.4. The zero-order chi connectivity index (χ0) is 33.2. The summed E-state index contributed by atoms with van der Waals surface area (Å²) >= 11 is 0.911. The number of carbonyl (C=O) groups excluding carboxylic acids is 4. The van der Waals surface area contributed by atoms with Gasteiger partial charge >= 0.3 is 23.9 Å². The lowest BCUT2D eigenvalue weighted by molar-refractivity contribution is -0.129. The van der Waals surface area contributed by atoms with E-state index >= 15 is 0 Å². The van der Waals surface area contributed by atoms with Crippen LogP contribution in [0.5, 0.6) is 0 Å². The lowest BCUT2D eigenvalue weighted by atomic mass is 9.82. The fourth-order valence-corrected chi connectivity index (χ4v) is 6.27. The van der Waals surface area contributed by atoms with Crippen LogP contribution in [0.25, 0.3) is 0 Å². The second kappa shape index (κ2) is 15.7. The third-order valence-corrected chi connectivity index (χ3v) is 8.51. The van der Waals surface area contributed by atoms with Crippen LogP contribution in [0.1, 0.15) is 47.9 Å². The maximum atomic E-state index is 13.5. The molecule has 0 bridgehead atoms. The molecule has 10 nitrogen and oxygen atoms in total. The van der Waals surface area contributed by atoms with E-state index in [-0.39, 0.29) is 34.9 Å². The van der Waals surface area contributed by atoms with Crippen molar-refractivity contribution in [3.63, 3.8) is 0 Å². The molecule has 11 heteroatoms. The van der Waals surface area contributed by atoms with Crippen LogP contribution in [0.4, 0.5) is 0 Å². The number of amidine groups is 1. The summed E-state index contributed by atoms with van der Waals surface area (Å²) < 4.78 is 23.8. The normalized spacial score (nSPS) is 20.3. The topological polar surface area (TPSA) is 155 Å². The number of nitrogens with one attached hydrogen (secondary N) is 1. The Balaban J connectivity index is 1.54. The Morgan fingerprint density at radius 2 is 0.936 bits per heavy atom. The summed E-state index contributed by atoms with van der Waals surface area (Å²) in [7, 11) is 0. The molecule has 5 atom stereocenters. The summed E-state index contributed by atoms with van der Waals surface area (Å²) in [6.45, 7) is -0.242. The van der Waals surface area contributed by atoms with Crippen molar-refractivity contribution >= 4 is 40.8 Å². The van der Waals surface area contributed by atoms with Crippen molar-refractivity contribution in [2.75, 3.05) is 6.61 Å². The Bertz CT molecular complexity index is 1690. The number of thioether (sulfide) groups is 1. The molecule has 4 aromatic carbocycles. The van der Waals surface area contributed by atoms with Crippen LogP contribution < -0.4 is 5.73 Å². The van der Waals surface area contributed by atoms with Gasteiger partial charge in [0, 0.05) is 5.92 Å². The second-order valence-corrected chi connectivity index (χ2v) is 12.0. The van der Waals surface area contributed by atoms with Crippen LogP contribution in [-0.2, 0) is 18.9 Å². The van der Waals surface area contributed by atoms with E-state index in [1.807, 2.05) is 0 Å². The van der Waals surface area contributed by atoms with E-state index in [0.29, 0.717) is 5.56 Å². The number of carbonyl (C=O) groups is 4. The second-order valence-electron chi connectivity index (χ2n) is 10.7. The largest absolute Gasteiger partial charge is 0.462 e. The SMILES string of the molecule is N=C(N)S[C@@H]1C[C@H](COC(=O)c2ccccc2)[C@@H](OC(=O)c2ccccc2)[C@H](OC(=O)c2ccccc2)[C@H]1OC(=O)c1ccccc1. The summed E-state index contributed by atoms with van der Waals surface area (Å²) in [6, 6.07) is 33.0. The van der Waals surface area contributed by atoms with Crippen molar-refractivity contribution in [1.29, 1.82) is 5.41 Å². The van der Waals surface area contributed by atoms with Crippen LogP contribution in [0, 0.1) is 11.3 Å². The minimum atomic E-state index is -1.38. The van der Waals surface area contributed by atoms with Crippen LogP contribution in [0.2, 0.25) is 0 Å². The third kappa shape index (κ3) is 8.65. The molecule has 0 radical (unpaired) electrons. The van der Waals surface area contributed by atoms with Gasteiger partial charge in [0.05, 0.1) is 34.1 Å². The fraction of sp³-hybridized carbons (Fsp3) is 0.194. The monoisotopic (exact) mass is 652 g/mol. The highest BCUT2D eigenvalue weighted by molar-refractivity contribution is 8.14. The van der Waals surface area contributed by atoms with Crippen molar-refractivity contribution in [1.82, 2.24) is 0 Å². The molecule has 1 aliphatic rings. The summed E-state index contributed by atoms with van der Waals surface area (Å²) in [5, 5.41) is 7.03. The molecule has 0 aliphatic heterocycles. The summed E-state index contributed by atoms with van der Waals surface area (Å²) in [5.74, 6) is -3.56. The quantitative estimate of drug-likeness (QED) is 0.0966. The van der Waals surface area contributed by atoms with Gasteiger partial charge in [-0.05, 0) is 55.0 Å². The van der Waals surface area contributed by atoms with Crippen molar-refractivity contribution in [2.24, 2.45) is 11.7 Å². The van der Waals surface area contributed by atoms with Crippen molar-refractivity contribution in [3.8, 4) is 0 Å². The number of hydrogen-bond acceptors (Lipinski definition) is 10. The minimum absolute atomic E-state index is 0.116. The summed E-state index contributed by atoms with van der Waals surface area (Å²) in [6.07, 6.45) is -3.73. The molecule has 47 heavy (non-hydrogen) atoms. The molecular formula is C36H32N2O8S. The Hall–Kier alpha value is -5.42. The van der Waals surface area contributed by atoms with Gasteiger partial charge in [-0.3, -0.25) is 5.41 Å². The third-order valence-electron chi connectivity index (χ3n) is 7.49. The lowest BCUT2D eigenvalue weighted by Crippen LogP contribution is -2.58. The van der Waals surface area contributed by atoms with Gasteiger partial charge in [0.2, 0.25) is 0 Å². The molecule has 0 amide bonds. The lowest BCUT2D eigenvalue weighted by Gasteiger charge is -2.44. The van der Waals surface area contributed by atoms with Gasteiger partial charge in [-0.15, -0.1) is 0 Å². The molecule has 1 aliphatic carbocycles. The standard InChI is InChI=1S/C36H32N2O8S/c37-36(38)47-28-21-27(22-43-32(39)23-13-5-1-6-14-23)29(44-33(40)24-15-7-2-8-16-24)31(46-35(42)26-19-11-4-12-20-26)30(28)45-34(41)25-17-9-3-10-18-25/h1-20,27-31H,21-22H2,(H3,37,38)/t27-,28-,29-,30+,31+/m1/s1. The van der Waals surface area contributed by atoms with Gasteiger partial charge in [0.1, 0.15) is 6.10 Å². The van der Waals surface area contributed by atoms with E-state index in [4.69, 9.17) is 30.1 Å². The Morgan fingerprint density at radius 1 is 0.574 bits per heavy atom. The molecule has 0 aromatic heterocycles. The predicted molar refractivity (Wildman–Crippen MR) is 175 cm³/mol. The molecule has 1 saturated carbocycles. The van der Waals surface area contributed by atoms with E-state index in [2.05, 4.69) is 0 Å². The first-order chi connectivity index (χ1) is 22.8. The number of benzene rings is 4. The number of rotatable bonds is 10. The Kier molecular flexibility index (Phi) is 11.0. The minimum Gasteiger partial charge on any atom is -0.462 e. The number of hydrogen-bond donors (Lipinski definition) is 2. The van der Waals surface area contributed by atoms with Gasteiger partial charge < -0.3 is 24.7 Å². The molecular weight excluding hydrogens is 620 g/mol. The van der Waals surface area contributed by atoms with E-state index in [1.165, 1.54) is 0 Å². The van der Waals surface area contributed by atoms with Crippen molar-refractivity contribution < 1.29 is 38.1 Å². The number of esters is 4. The van der Waals surface area contributed by atoms with Crippen LogP contribution in [0.15, 0.2) is 121 Å². The molecule has 3 N–H and O–H groups in total. The first kappa shape index (κ1) is 33.0. The average Bonchev–Trinajstić information content (AvgIpc) is 3.10. The van der Waals surface area contributed by atoms with E-state index < -0.39 is 53.4 Å². The highest BCUT2D eigenvalue weighted by atomic mass is 32.2. The number of ether oxygens (including phenoxy) is 4. The first-order valence-corrected chi connectivity index (χ1v) is 15.7. The van der Waals surface area contributed by atoms with Crippen LogP contribution in [0.3, 0.4) is 0 Å². The zero-order valence-corrected chi connectivity index (χ0v) is 25.9. The zero-order valence-electron chi connectivity index (χ0n) is 25.1. The maximum Gasteiger partial charge on any atom is 0.338 e. The molecule has 4 aromatic rings. The van der Waals surface area contributed by atoms with E-state index in [0.717, 1.165) is 11.8 Å². The smallest absolute Gasteiger partial charge is 0.338 e. The number of nitrogens with two attached hydrogens (primary N) is 1. The van der Waals surface area contributed by atoms with Crippen molar-refractivity contribution in [3.05, 3.63) is 144 Å². The van der Waals surface area contributed by atoms with Crippen LogP contribution in [-0.4, -0.2) is 59.2 Å². The fourth-order valence-electron chi connectivity index (χ4n) is 5.25. The highest BCUT2D eigenvalue weighted by Gasteiger charge is 2.52. The van der Waals surface area contributed by atoms with Gasteiger partial charge in [0.25, 0.3) is 0 Å². The van der Waals surface area contributed by atoms with Gasteiger partial charge in [-0.2, -0.15) is 0 Å². The molecule has 0 unspecified atom stereocenters. The van der Waals surface area contributed by atoms with E-state index in [9.17, 15) is 19.2 Å². The van der Waals surface area contributed by atoms with Crippen LogP contribution >= 0.6 is 11.8 Å². The highest BCUT2D eigenvalue weighted by Crippen LogP contribution is 2.39.